The van der Waals surface area contributed by atoms with E-state index in [-0.39, 0.29) is 36.3 Å². The molecule has 2 heterocycles. The fourth-order valence-electron chi connectivity index (χ4n) is 5.87. The van der Waals surface area contributed by atoms with Crippen molar-refractivity contribution >= 4 is 18.0 Å². The Morgan fingerprint density at radius 3 is 2.32 bits per heavy atom. The van der Waals surface area contributed by atoms with E-state index >= 15 is 0 Å². The molecular formula is C27H30N2O5. The Morgan fingerprint density at radius 2 is 1.74 bits per heavy atom. The lowest BCUT2D eigenvalue weighted by Crippen LogP contribution is -2.45. The predicted octanol–water partition coefficient (Wildman–Crippen LogP) is 3.87. The molecule has 34 heavy (non-hydrogen) atoms. The number of fused-ring (bicyclic) bond motifs is 4. The molecule has 6 rings (SSSR count). The summed E-state index contributed by atoms with van der Waals surface area (Å²) >= 11 is 0. The number of alkyl carbamates (subject to hydrolysis) is 1. The van der Waals surface area contributed by atoms with Crippen molar-refractivity contribution in [1.82, 2.24) is 10.2 Å². The van der Waals surface area contributed by atoms with Crippen LogP contribution in [0, 0.1) is 17.8 Å². The Bertz CT molecular complexity index is 1070. The first-order valence-corrected chi connectivity index (χ1v) is 12.1. The number of carbonyl (C=O) groups is 3. The van der Waals surface area contributed by atoms with E-state index in [0.717, 1.165) is 24.0 Å². The van der Waals surface area contributed by atoms with E-state index in [1.54, 1.807) is 4.90 Å². The summed E-state index contributed by atoms with van der Waals surface area (Å²) in [7, 11) is 0. The predicted molar refractivity (Wildman–Crippen MR) is 126 cm³/mol. The second kappa shape index (κ2) is 9.12. The second-order valence-electron chi connectivity index (χ2n) is 9.66. The van der Waals surface area contributed by atoms with E-state index in [2.05, 4.69) is 29.6 Å². The molecule has 3 fully saturated rings. The number of nitrogens with zero attached hydrogens (tertiary/aromatic N) is 1. The number of hydrogen-bond acceptors (Lipinski definition) is 4. The number of carboxylic acid groups (broad SMARTS) is 1. The summed E-state index contributed by atoms with van der Waals surface area (Å²) in [6, 6.07) is 16.2. The van der Waals surface area contributed by atoms with Crippen LogP contribution >= 0.6 is 0 Å². The number of aliphatic carboxylic acids is 1. The van der Waals surface area contributed by atoms with Crippen LogP contribution in [0.25, 0.3) is 11.1 Å². The van der Waals surface area contributed by atoms with Crippen LogP contribution in [0.15, 0.2) is 48.5 Å². The smallest absolute Gasteiger partial charge is 0.407 e. The third-order valence-electron chi connectivity index (χ3n) is 7.82. The minimum absolute atomic E-state index is 0.00513. The Morgan fingerprint density at radius 1 is 1.09 bits per heavy atom. The van der Waals surface area contributed by atoms with E-state index in [0.29, 0.717) is 19.5 Å². The SMILES string of the molecule is CCC(CNC(=O)OCC1c2ccccc2-c2ccccc21)CC(=O)N1CC2CC1C2C(=O)O. The van der Waals surface area contributed by atoms with Crippen LogP contribution < -0.4 is 5.32 Å². The average Bonchev–Trinajstić information content (AvgIpc) is 3.51. The maximum atomic E-state index is 12.8. The highest BCUT2D eigenvalue weighted by Crippen LogP contribution is 2.47. The van der Waals surface area contributed by atoms with Gasteiger partial charge >= 0.3 is 12.1 Å². The zero-order chi connectivity index (χ0) is 23.8. The van der Waals surface area contributed by atoms with E-state index in [4.69, 9.17) is 4.74 Å². The van der Waals surface area contributed by atoms with Gasteiger partial charge in [-0.3, -0.25) is 9.59 Å². The van der Waals surface area contributed by atoms with Gasteiger partial charge in [-0.15, -0.1) is 0 Å². The molecule has 2 aliphatic heterocycles. The van der Waals surface area contributed by atoms with Crippen LogP contribution in [0.2, 0.25) is 0 Å². The molecule has 7 heteroatoms. The molecule has 4 aliphatic rings. The zero-order valence-corrected chi connectivity index (χ0v) is 19.3. The van der Waals surface area contributed by atoms with Gasteiger partial charge in [-0.1, -0.05) is 61.9 Å². The molecule has 2 N–H and O–H groups in total. The summed E-state index contributed by atoms with van der Waals surface area (Å²) in [4.78, 5) is 38.4. The summed E-state index contributed by atoms with van der Waals surface area (Å²) in [5, 5.41) is 12.1. The second-order valence-corrected chi connectivity index (χ2v) is 9.66. The molecule has 4 atom stereocenters. The molecule has 4 unspecified atom stereocenters. The van der Waals surface area contributed by atoms with Gasteiger partial charge in [-0.25, -0.2) is 4.79 Å². The van der Waals surface area contributed by atoms with Crippen molar-refractivity contribution in [2.24, 2.45) is 17.8 Å². The van der Waals surface area contributed by atoms with Gasteiger partial charge in [0.15, 0.2) is 0 Å². The normalized spacial score (nSPS) is 23.0. The first kappa shape index (κ1) is 22.4. The Hall–Kier alpha value is -3.35. The molecule has 2 saturated heterocycles. The number of benzene rings is 2. The quantitative estimate of drug-likeness (QED) is 0.621. The highest BCUT2D eigenvalue weighted by molar-refractivity contribution is 5.81. The van der Waals surface area contributed by atoms with E-state index < -0.39 is 18.0 Å². The van der Waals surface area contributed by atoms with Crippen LogP contribution in [0.3, 0.4) is 0 Å². The fourth-order valence-corrected chi connectivity index (χ4v) is 5.87. The molecule has 0 radical (unpaired) electrons. The van der Waals surface area contributed by atoms with Crippen LogP contribution in [0.5, 0.6) is 0 Å². The highest BCUT2D eigenvalue weighted by Gasteiger charge is 2.56. The van der Waals surface area contributed by atoms with Crippen LogP contribution in [0.4, 0.5) is 4.79 Å². The van der Waals surface area contributed by atoms with Gasteiger partial charge in [-0.05, 0) is 40.5 Å². The van der Waals surface area contributed by atoms with Crippen LogP contribution in [0.1, 0.15) is 43.2 Å². The molecule has 2 aromatic rings. The number of rotatable bonds is 8. The summed E-state index contributed by atoms with van der Waals surface area (Å²) < 4.78 is 5.59. The molecule has 1 saturated carbocycles. The minimum atomic E-state index is -0.805. The molecule has 178 valence electrons. The molecule has 2 aliphatic carbocycles. The van der Waals surface area contributed by atoms with Crippen molar-refractivity contribution in [2.75, 3.05) is 19.7 Å². The van der Waals surface area contributed by atoms with Crippen molar-refractivity contribution in [3.63, 3.8) is 0 Å². The van der Waals surface area contributed by atoms with Crippen molar-refractivity contribution in [2.45, 2.75) is 38.1 Å². The molecular weight excluding hydrogens is 432 g/mol. The minimum Gasteiger partial charge on any atom is -0.481 e. The van der Waals surface area contributed by atoms with Crippen molar-refractivity contribution in [1.29, 1.82) is 0 Å². The molecule has 2 bridgehead atoms. The molecule has 2 aromatic carbocycles. The Balaban J connectivity index is 1.12. The zero-order valence-electron chi connectivity index (χ0n) is 19.3. The average molecular weight is 463 g/mol. The number of nitrogens with one attached hydrogen (secondary N) is 1. The van der Waals surface area contributed by atoms with Gasteiger partial charge in [0.1, 0.15) is 6.61 Å². The van der Waals surface area contributed by atoms with Gasteiger partial charge in [0, 0.05) is 31.5 Å². The highest BCUT2D eigenvalue weighted by atomic mass is 16.5. The summed E-state index contributed by atoms with van der Waals surface area (Å²) in [5.41, 5.74) is 4.69. The molecule has 0 spiro atoms. The van der Waals surface area contributed by atoms with Crippen molar-refractivity contribution < 1.29 is 24.2 Å². The first-order chi connectivity index (χ1) is 16.5. The molecule has 0 aromatic heterocycles. The van der Waals surface area contributed by atoms with Gasteiger partial charge < -0.3 is 20.1 Å². The summed E-state index contributed by atoms with van der Waals surface area (Å²) in [6.07, 6.45) is 1.34. The third kappa shape index (κ3) is 3.93. The van der Waals surface area contributed by atoms with Crippen molar-refractivity contribution in [3.8, 4) is 11.1 Å². The van der Waals surface area contributed by atoms with E-state index in [9.17, 15) is 19.5 Å². The summed E-state index contributed by atoms with van der Waals surface area (Å²) in [5.74, 6) is -1.16. The topological polar surface area (TPSA) is 95.9 Å². The Kier molecular flexibility index (Phi) is 6.02. The fraction of sp³-hybridized carbons (Fsp3) is 0.444. The van der Waals surface area contributed by atoms with Crippen LogP contribution in [-0.4, -0.2) is 53.7 Å². The van der Waals surface area contributed by atoms with Crippen LogP contribution in [-0.2, 0) is 14.3 Å². The number of amides is 2. The van der Waals surface area contributed by atoms with Crippen molar-refractivity contribution in [3.05, 3.63) is 59.7 Å². The van der Waals surface area contributed by atoms with Gasteiger partial charge in [0.2, 0.25) is 5.91 Å². The number of ether oxygens (including phenoxy) is 1. The first-order valence-electron chi connectivity index (χ1n) is 12.1. The maximum absolute atomic E-state index is 12.8. The lowest BCUT2D eigenvalue weighted by atomic mass is 9.74. The molecule has 7 nitrogen and oxygen atoms in total. The van der Waals surface area contributed by atoms with Gasteiger partial charge in [0.05, 0.1) is 5.92 Å². The number of carbonyl (C=O) groups excluding carboxylic acids is 2. The molecule has 2 amide bonds. The van der Waals surface area contributed by atoms with Gasteiger partial charge in [-0.2, -0.15) is 0 Å². The van der Waals surface area contributed by atoms with E-state index in [1.165, 1.54) is 11.1 Å². The lowest BCUT2D eigenvalue weighted by molar-refractivity contribution is -0.148. The standard InChI is InChI=1S/C27H30N2O5/c1-2-16(11-24(30)29-14-17-12-23(29)25(17)26(31)32)13-28-27(33)34-15-22-20-9-5-3-7-18(20)19-8-4-6-10-21(19)22/h3-10,16-17,22-23,25H,2,11-15H2,1H3,(H,28,33)(H,31,32). The number of hydrogen-bond donors (Lipinski definition) is 2. The summed E-state index contributed by atoms with van der Waals surface area (Å²) in [6.45, 7) is 3.13. The lowest BCUT2D eigenvalue weighted by Gasteiger charge is -2.33. The largest absolute Gasteiger partial charge is 0.481 e. The number of carboxylic acids is 1. The third-order valence-corrected chi connectivity index (χ3v) is 7.82. The maximum Gasteiger partial charge on any atom is 0.407 e. The monoisotopic (exact) mass is 462 g/mol. The van der Waals surface area contributed by atoms with E-state index in [1.807, 2.05) is 31.2 Å². The van der Waals surface area contributed by atoms with Gasteiger partial charge in [0.25, 0.3) is 0 Å². The Labute approximate surface area is 199 Å².